The molecule has 0 aromatic carbocycles. The van der Waals surface area contributed by atoms with Crippen molar-refractivity contribution in [3.8, 4) is 0 Å². The van der Waals surface area contributed by atoms with Crippen molar-refractivity contribution in [1.29, 1.82) is 0 Å². The summed E-state index contributed by atoms with van der Waals surface area (Å²) in [7, 11) is 0. The first-order valence-electron chi connectivity index (χ1n) is 8.72. The maximum absolute atomic E-state index is 12.3. The highest BCUT2D eigenvalue weighted by Gasteiger charge is 2.13. The van der Waals surface area contributed by atoms with Crippen molar-refractivity contribution < 1.29 is 4.79 Å². The second-order valence-corrected chi connectivity index (χ2v) is 6.27. The largest absolute Gasteiger partial charge is 0.382 e. The van der Waals surface area contributed by atoms with Gasteiger partial charge in [0.1, 0.15) is 5.69 Å². The molecule has 0 unspecified atom stereocenters. The second-order valence-electron chi connectivity index (χ2n) is 6.27. The molecule has 5 nitrogen and oxygen atoms in total. The number of hydrogen-bond donors (Lipinski definition) is 2. The van der Waals surface area contributed by atoms with Crippen molar-refractivity contribution in [3.63, 3.8) is 0 Å². The van der Waals surface area contributed by atoms with Crippen LogP contribution in [-0.2, 0) is 6.54 Å². The van der Waals surface area contributed by atoms with Crippen molar-refractivity contribution in [2.24, 2.45) is 0 Å². The number of aromatic nitrogens is 2. The molecule has 3 rings (SSSR count). The molecule has 0 spiro atoms. The summed E-state index contributed by atoms with van der Waals surface area (Å²) in [5, 5.41) is 6.42. The predicted octanol–water partition coefficient (Wildman–Crippen LogP) is 3.54. The molecule has 0 atom stereocenters. The average molecular weight is 324 g/mol. The third-order valence-electron chi connectivity index (χ3n) is 4.37. The second kappa shape index (κ2) is 8.43. The van der Waals surface area contributed by atoms with E-state index in [1.54, 1.807) is 12.4 Å². The molecule has 1 amide bonds. The van der Waals surface area contributed by atoms with Crippen LogP contribution in [-0.4, -0.2) is 21.9 Å². The molecule has 2 N–H and O–H groups in total. The Morgan fingerprint density at radius 2 is 1.88 bits per heavy atom. The predicted molar refractivity (Wildman–Crippen MR) is 94.8 cm³/mol. The number of rotatable bonds is 5. The van der Waals surface area contributed by atoms with E-state index in [0.717, 1.165) is 11.4 Å². The number of anilines is 1. The van der Waals surface area contributed by atoms with Crippen LogP contribution in [0.25, 0.3) is 0 Å². The number of amides is 1. The van der Waals surface area contributed by atoms with Crippen LogP contribution >= 0.6 is 0 Å². The lowest BCUT2D eigenvalue weighted by Crippen LogP contribution is -2.25. The topological polar surface area (TPSA) is 66.9 Å². The van der Waals surface area contributed by atoms with Gasteiger partial charge in [-0.3, -0.25) is 14.8 Å². The van der Waals surface area contributed by atoms with Crippen LogP contribution in [0.4, 0.5) is 5.69 Å². The monoisotopic (exact) mass is 324 g/mol. The van der Waals surface area contributed by atoms with E-state index >= 15 is 0 Å². The molecule has 0 bridgehead atoms. The Bertz CT molecular complexity index is 651. The van der Waals surface area contributed by atoms with E-state index in [1.807, 2.05) is 30.3 Å². The minimum absolute atomic E-state index is 0.176. The minimum Gasteiger partial charge on any atom is -0.382 e. The smallest absolute Gasteiger partial charge is 0.270 e. The highest BCUT2D eigenvalue weighted by atomic mass is 16.1. The fourth-order valence-corrected chi connectivity index (χ4v) is 3.07. The van der Waals surface area contributed by atoms with E-state index in [9.17, 15) is 4.79 Å². The molecule has 1 saturated carbocycles. The van der Waals surface area contributed by atoms with E-state index in [0.29, 0.717) is 18.3 Å². The lowest BCUT2D eigenvalue weighted by atomic mass is 10.1. The molecule has 1 aliphatic carbocycles. The van der Waals surface area contributed by atoms with Crippen LogP contribution in [0.1, 0.15) is 54.7 Å². The van der Waals surface area contributed by atoms with Crippen molar-refractivity contribution in [2.75, 3.05) is 5.32 Å². The highest BCUT2D eigenvalue weighted by molar-refractivity contribution is 5.93. The van der Waals surface area contributed by atoms with Gasteiger partial charge in [0.15, 0.2) is 0 Å². The summed E-state index contributed by atoms with van der Waals surface area (Å²) >= 11 is 0. The zero-order valence-electron chi connectivity index (χ0n) is 13.9. The Kier molecular flexibility index (Phi) is 5.77. The van der Waals surface area contributed by atoms with Gasteiger partial charge in [0, 0.05) is 24.1 Å². The van der Waals surface area contributed by atoms with Gasteiger partial charge < -0.3 is 10.6 Å². The van der Waals surface area contributed by atoms with E-state index in [-0.39, 0.29) is 5.91 Å². The molecular weight excluding hydrogens is 300 g/mol. The van der Waals surface area contributed by atoms with E-state index in [4.69, 9.17) is 0 Å². The van der Waals surface area contributed by atoms with Gasteiger partial charge in [0.25, 0.3) is 5.91 Å². The molecule has 2 aromatic heterocycles. The summed E-state index contributed by atoms with van der Waals surface area (Å²) in [4.78, 5) is 20.7. The van der Waals surface area contributed by atoms with Crippen molar-refractivity contribution in [1.82, 2.24) is 15.3 Å². The van der Waals surface area contributed by atoms with Gasteiger partial charge in [-0.25, -0.2) is 0 Å². The van der Waals surface area contributed by atoms with E-state index in [1.165, 1.54) is 38.5 Å². The lowest BCUT2D eigenvalue weighted by Gasteiger charge is -2.17. The average Bonchev–Trinajstić information content (AvgIpc) is 2.89. The quantitative estimate of drug-likeness (QED) is 0.826. The van der Waals surface area contributed by atoms with Crippen LogP contribution in [0.3, 0.4) is 0 Å². The highest BCUT2D eigenvalue weighted by Crippen LogP contribution is 2.21. The fraction of sp³-hybridized carbons (Fsp3) is 0.421. The molecule has 24 heavy (non-hydrogen) atoms. The zero-order valence-corrected chi connectivity index (χ0v) is 13.9. The molecule has 0 aliphatic heterocycles. The number of nitrogens with one attached hydrogen (secondary N) is 2. The molecule has 126 valence electrons. The van der Waals surface area contributed by atoms with Crippen molar-refractivity contribution >= 4 is 11.6 Å². The molecule has 1 aliphatic rings. The molecular formula is C19H24N4O. The van der Waals surface area contributed by atoms with Gasteiger partial charge >= 0.3 is 0 Å². The molecule has 1 fully saturated rings. The van der Waals surface area contributed by atoms with Gasteiger partial charge in [0.05, 0.1) is 12.2 Å². The van der Waals surface area contributed by atoms with Crippen LogP contribution in [0.15, 0.2) is 42.7 Å². The number of hydrogen-bond acceptors (Lipinski definition) is 4. The zero-order chi connectivity index (χ0) is 16.6. The number of carbonyl (C=O) groups is 1. The Balaban J connectivity index is 1.58. The van der Waals surface area contributed by atoms with Gasteiger partial charge in [0.2, 0.25) is 0 Å². The number of carbonyl (C=O) groups excluding carboxylic acids is 1. The van der Waals surface area contributed by atoms with Gasteiger partial charge in [-0.1, -0.05) is 31.7 Å². The molecule has 0 radical (unpaired) electrons. The maximum atomic E-state index is 12.3. The molecule has 5 heteroatoms. The van der Waals surface area contributed by atoms with E-state index < -0.39 is 0 Å². The normalized spacial score (nSPS) is 15.5. The standard InChI is InChI=1S/C19H24N4O/c24-19(22-14-17-9-5-6-11-20-17)18-13-16(10-12-21-18)23-15-7-3-1-2-4-8-15/h5-6,9-13,15H,1-4,7-8,14H2,(H,21,23)(H,22,24). The first kappa shape index (κ1) is 16.4. The minimum atomic E-state index is -0.176. The first-order valence-corrected chi connectivity index (χ1v) is 8.72. The number of nitrogens with zero attached hydrogens (tertiary/aromatic N) is 2. The Morgan fingerprint density at radius 3 is 2.62 bits per heavy atom. The molecule has 2 heterocycles. The first-order chi connectivity index (χ1) is 11.8. The van der Waals surface area contributed by atoms with Gasteiger partial charge in [-0.15, -0.1) is 0 Å². The van der Waals surface area contributed by atoms with Crippen molar-refractivity contribution in [2.45, 2.75) is 51.1 Å². The third-order valence-corrected chi connectivity index (χ3v) is 4.37. The summed E-state index contributed by atoms with van der Waals surface area (Å²) < 4.78 is 0. The maximum Gasteiger partial charge on any atom is 0.270 e. The van der Waals surface area contributed by atoms with Crippen LogP contribution < -0.4 is 10.6 Å². The SMILES string of the molecule is O=C(NCc1ccccn1)c1cc(NC2CCCCCC2)ccn1. The molecule has 0 saturated heterocycles. The Morgan fingerprint density at radius 1 is 1.04 bits per heavy atom. The number of pyridine rings is 2. The molecule has 2 aromatic rings. The van der Waals surface area contributed by atoms with Crippen LogP contribution in [0.2, 0.25) is 0 Å². The summed E-state index contributed by atoms with van der Waals surface area (Å²) in [6.07, 6.45) is 11.0. The summed E-state index contributed by atoms with van der Waals surface area (Å²) in [5.74, 6) is -0.176. The summed E-state index contributed by atoms with van der Waals surface area (Å²) in [6.45, 7) is 0.404. The summed E-state index contributed by atoms with van der Waals surface area (Å²) in [6, 6.07) is 9.91. The van der Waals surface area contributed by atoms with Gasteiger partial charge in [-0.05, 0) is 37.1 Å². The van der Waals surface area contributed by atoms with Crippen molar-refractivity contribution in [3.05, 3.63) is 54.1 Å². The fourth-order valence-electron chi connectivity index (χ4n) is 3.07. The Labute approximate surface area is 142 Å². The third kappa shape index (κ3) is 4.78. The van der Waals surface area contributed by atoms with E-state index in [2.05, 4.69) is 20.6 Å². The Hall–Kier alpha value is -2.43. The van der Waals surface area contributed by atoms with Gasteiger partial charge in [-0.2, -0.15) is 0 Å². The van der Waals surface area contributed by atoms with Crippen LogP contribution in [0.5, 0.6) is 0 Å². The summed E-state index contributed by atoms with van der Waals surface area (Å²) in [5.41, 5.74) is 2.24. The lowest BCUT2D eigenvalue weighted by molar-refractivity contribution is 0.0945. The van der Waals surface area contributed by atoms with Crippen LogP contribution in [0, 0.1) is 0 Å².